The maximum absolute atomic E-state index is 13.7. The fourth-order valence-corrected chi connectivity index (χ4v) is 1.68. The Labute approximate surface area is 114 Å². The molecule has 1 aromatic heterocycles. The number of nitrogens with one attached hydrogen (secondary N) is 1. The van der Waals surface area contributed by atoms with Crippen LogP contribution in [-0.2, 0) is 19.6 Å². The lowest BCUT2D eigenvalue weighted by atomic mass is 10.2. The lowest BCUT2D eigenvalue weighted by Gasteiger charge is -2.08. The second kappa shape index (κ2) is 6.42. The topological polar surface area (TPSA) is 60.2 Å². The van der Waals surface area contributed by atoms with Gasteiger partial charge in [-0.2, -0.15) is 4.98 Å². The highest BCUT2D eigenvalue weighted by molar-refractivity contribution is 5.31. The van der Waals surface area contributed by atoms with E-state index >= 15 is 0 Å². The number of aryl methyl sites for hydroxylation is 1. The standard InChI is InChI=1S/C13H15F2N3O2/c1-3-11-17-12(20-18-11)7-19-13-9(14)4-8(6-16-2)5-10(13)15/h4-5,16H,3,6-7H2,1-2H3. The van der Waals surface area contributed by atoms with Crippen molar-refractivity contribution in [2.24, 2.45) is 0 Å². The van der Waals surface area contributed by atoms with Crippen molar-refractivity contribution in [3.05, 3.63) is 41.0 Å². The van der Waals surface area contributed by atoms with Crippen LogP contribution in [0.25, 0.3) is 0 Å². The van der Waals surface area contributed by atoms with E-state index in [0.717, 1.165) is 0 Å². The molecule has 5 nitrogen and oxygen atoms in total. The van der Waals surface area contributed by atoms with Crippen molar-refractivity contribution in [3.8, 4) is 5.75 Å². The predicted molar refractivity (Wildman–Crippen MR) is 67.1 cm³/mol. The molecule has 0 aliphatic rings. The lowest BCUT2D eigenvalue weighted by molar-refractivity contribution is 0.224. The number of halogens is 2. The second-order valence-electron chi connectivity index (χ2n) is 4.17. The first-order chi connectivity index (χ1) is 9.63. The SMILES string of the molecule is CCc1noc(COc2c(F)cc(CNC)cc2F)n1. The van der Waals surface area contributed by atoms with Crippen molar-refractivity contribution in [3.63, 3.8) is 0 Å². The number of ether oxygens (including phenoxy) is 1. The van der Waals surface area contributed by atoms with Crippen LogP contribution in [-0.4, -0.2) is 17.2 Å². The molecule has 7 heteroatoms. The minimum atomic E-state index is -0.759. The van der Waals surface area contributed by atoms with Crippen LogP contribution in [0.15, 0.2) is 16.7 Å². The molecule has 0 saturated carbocycles. The fourth-order valence-electron chi connectivity index (χ4n) is 1.68. The van der Waals surface area contributed by atoms with Gasteiger partial charge in [-0.3, -0.25) is 0 Å². The quantitative estimate of drug-likeness (QED) is 0.880. The van der Waals surface area contributed by atoms with Gasteiger partial charge in [-0.05, 0) is 24.7 Å². The van der Waals surface area contributed by atoms with Crippen molar-refractivity contribution in [1.29, 1.82) is 0 Å². The third kappa shape index (κ3) is 3.30. The highest BCUT2D eigenvalue weighted by Crippen LogP contribution is 2.24. The molecule has 0 radical (unpaired) electrons. The van der Waals surface area contributed by atoms with Gasteiger partial charge in [0.25, 0.3) is 5.89 Å². The van der Waals surface area contributed by atoms with Gasteiger partial charge in [0.2, 0.25) is 0 Å². The number of hydrogen-bond donors (Lipinski definition) is 1. The summed E-state index contributed by atoms with van der Waals surface area (Å²) in [4.78, 5) is 3.99. The first-order valence-corrected chi connectivity index (χ1v) is 6.20. The highest BCUT2D eigenvalue weighted by Gasteiger charge is 2.14. The molecule has 0 atom stereocenters. The van der Waals surface area contributed by atoms with Crippen molar-refractivity contribution in [2.45, 2.75) is 26.5 Å². The molecule has 1 heterocycles. The molecular formula is C13H15F2N3O2. The molecule has 2 aromatic rings. The maximum atomic E-state index is 13.7. The number of hydrogen-bond acceptors (Lipinski definition) is 5. The van der Waals surface area contributed by atoms with Crippen LogP contribution in [0.3, 0.4) is 0 Å². The zero-order chi connectivity index (χ0) is 14.5. The summed E-state index contributed by atoms with van der Waals surface area (Å²) in [6.07, 6.45) is 0.616. The molecule has 0 aliphatic carbocycles. The molecule has 0 spiro atoms. The van der Waals surface area contributed by atoms with E-state index in [1.54, 1.807) is 7.05 Å². The Bertz CT molecular complexity index is 564. The van der Waals surface area contributed by atoms with Gasteiger partial charge in [0, 0.05) is 13.0 Å². The van der Waals surface area contributed by atoms with Crippen molar-refractivity contribution < 1.29 is 18.0 Å². The van der Waals surface area contributed by atoms with Gasteiger partial charge in [0.05, 0.1) is 0 Å². The van der Waals surface area contributed by atoms with E-state index in [0.29, 0.717) is 24.4 Å². The summed E-state index contributed by atoms with van der Waals surface area (Å²) >= 11 is 0. The third-order valence-corrected chi connectivity index (χ3v) is 2.61. The van der Waals surface area contributed by atoms with E-state index in [4.69, 9.17) is 9.26 Å². The molecule has 0 fully saturated rings. The normalized spacial score (nSPS) is 10.8. The van der Waals surface area contributed by atoms with Crippen LogP contribution in [0.2, 0.25) is 0 Å². The molecule has 0 aliphatic heterocycles. The van der Waals surface area contributed by atoms with Gasteiger partial charge in [-0.25, -0.2) is 8.78 Å². The maximum Gasteiger partial charge on any atom is 0.264 e. The van der Waals surface area contributed by atoms with Crippen LogP contribution in [0.4, 0.5) is 8.78 Å². The van der Waals surface area contributed by atoms with Crippen LogP contribution in [0.5, 0.6) is 5.75 Å². The monoisotopic (exact) mass is 283 g/mol. The van der Waals surface area contributed by atoms with Crippen molar-refractivity contribution in [2.75, 3.05) is 7.05 Å². The minimum Gasteiger partial charge on any atom is -0.478 e. The summed E-state index contributed by atoms with van der Waals surface area (Å²) in [5.41, 5.74) is 0.501. The number of rotatable bonds is 6. The smallest absolute Gasteiger partial charge is 0.264 e. The molecule has 0 amide bonds. The van der Waals surface area contributed by atoms with Gasteiger partial charge in [0.15, 0.2) is 29.8 Å². The Kier molecular flexibility index (Phi) is 4.62. The summed E-state index contributed by atoms with van der Waals surface area (Å²) < 4.78 is 37.5. The predicted octanol–water partition coefficient (Wildman–Crippen LogP) is 2.21. The number of aromatic nitrogens is 2. The summed E-state index contributed by atoms with van der Waals surface area (Å²) in [5.74, 6) is -1.26. The van der Waals surface area contributed by atoms with Crippen LogP contribution >= 0.6 is 0 Å². The Morgan fingerprint density at radius 3 is 2.55 bits per heavy atom. The summed E-state index contributed by atoms with van der Waals surface area (Å²) in [5, 5.41) is 6.49. The van der Waals surface area contributed by atoms with E-state index in [2.05, 4.69) is 15.5 Å². The third-order valence-electron chi connectivity index (χ3n) is 2.61. The minimum absolute atomic E-state index is 0.174. The highest BCUT2D eigenvalue weighted by atomic mass is 19.1. The zero-order valence-electron chi connectivity index (χ0n) is 11.2. The lowest BCUT2D eigenvalue weighted by Crippen LogP contribution is -2.07. The molecule has 0 unspecified atom stereocenters. The zero-order valence-corrected chi connectivity index (χ0v) is 11.2. The van der Waals surface area contributed by atoms with E-state index in [1.807, 2.05) is 6.92 Å². The largest absolute Gasteiger partial charge is 0.478 e. The first-order valence-electron chi connectivity index (χ1n) is 6.20. The molecule has 108 valence electrons. The Morgan fingerprint density at radius 1 is 1.30 bits per heavy atom. The average Bonchev–Trinajstić information content (AvgIpc) is 2.86. The molecule has 1 aromatic carbocycles. The Balaban J connectivity index is 2.09. The van der Waals surface area contributed by atoms with Crippen LogP contribution < -0.4 is 10.1 Å². The van der Waals surface area contributed by atoms with E-state index in [1.165, 1.54) is 12.1 Å². The molecule has 20 heavy (non-hydrogen) atoms. The van der Waals surface area contributed by atoms with E-state index < -0.39 is 17.4 Å². The molecular weight excluding hydrogens is 268 g/mol. The van der Waals surface area contributed by atoms with E-state index in [-0.39, 0.29) is 12.5 Å². The molecule has 0 saturated heterocycles. The van der Waals surface area contributed by atoms with Gasteiger partial charge in [-0.1, -0.05) is 12.1 Å². The summed E-state index contributed by atoms with van der Waals surface area (Å²) in [7, 11) is 1.70. The summed E-state index contributed by atoms with van der Waals surface area (Å²) in [6, 6.07) is 2.44. The van der Waals surface area contributed by atoms with E-state index in [9.17, 15) is 8.78 Å². The van der Waals surface area contributed by atoms with Gasteiger partial charge >= 0.3 is 0 Å². The van der Waals surface area contributed by atoms with Gasteiger partial charge in [0.1, 0.15) is 0 Å². The van der Waals surface area contributed by atoms with Gasteiger partial charge < -0.3 is 14.6 Å². The Hall–Kier alpha value is -2.02. The fraction of sp³-hybridized carbons (Fsp3) is 0.385. The molecule has 1 N–H and O–H groups in total. The average molecular weight is 283 g/mol. The number of benzene rings is 1. The Morgan fingerprint density at radius 2 is 2.00 bits per heavy atom. The second-order valence-corrected chi connectivity index (χ2v) is 4.17. The number of nitrogens with zero attached hydrogens (tertiary/aromatic N) is 2. The van der Waals surface area contributed by atoms with Crippen LogP contribution in [0.1, 0.15) is 24.2 Å². The molecule has 2 rings (SSSR count). The molecule has 0 bridgehead atoms. The van der Waals surface area contributed by atoms with Crippen molar-refractivity contribution in [1.82, 2.24) is 15.5 Å². The van der Waals surface area contributed by atoms with Crippen LogP contribution in [0, 0.1) is 11.6 Å². The van der Waals surface area contributed by atoms with Crippen molar-refractivity contribution >= 4 is 0 Å². The first kappa shape index (κ1) is 14.4. The summed E-state index contributed by atoms with van der Waals surface area (Å²) in [6.45, 7) is 2.07. The van der Waals surface area contributed by atoms with Gasteiger partial charge in [-0.15, -0.1) is 0 Å².